The van der Waals surface area contributed by atoms with Crippen LogP contribution in [0.2, 0.25) is 0 Å². The zero-order valence-electron chi connectivity index (χ0n) is 24.3. The van der Waals surface area contributed by atoms with Crippen molar-refractivity contribution in [3.8, 4) is 5.75 Å². The smallest absolute Gasteiger partial charge is 0.417 e. The van der Waals surface area contributed by atoms with Gasteiger partial charge in [-0.2, -0.15) is 13.2 Å². The summed E-state index contributed by atoms with van der Waals surface area (Å²) in [4.78, 5) is 42.6. The highest BCUT2D eigenvalue weighted by atomic mass is 19.4. The summed E-state index contributed by atoms with van der Waals surface area (Å²) in [6.07, 6.45) is -4.48. The number of likely N-dealkylation sites (tertiary alicyclic amines) is 1. The SMILES string of the molecule is CC(C)CN1CCCC1c1cc(O)c2c(c1C(F)(F)F)C[C@H]1C[C@H]3[C@H](N(C)C)C(=O)C(C(N)=O)=C(O)[C@@]3(O)C(=O)C1=C2O. The number of halogens is 3. The summed E-state index contributed by atoms with van der Waals surface area (Å²) in [5, 5.41) is 45.1. The number of hydrogen-bond acceptors (Lipinski definition) is 9. The van der Waals surface area contributed by atoms with Gasteiger partial charge in [0.05, 0.1) is 17.2 Å². The average Bonchev–Trinajstić information content (AvgIpc) is 3.32. The van der Waals surface area contributed by atoms with Gasteiger partial charge in [0.1, 0.15) is 22.8 Å². The van der Waals surface area contributed by atoms with E-state index in [0.29, 0.717) is 25.9 Å². The number of alkyl halides is 3. The summed E-state index contributed by atoms with van der Waals surface area (Å²) in [5.41, 5.74) is -1.04. The van der Waals surface area contributed by atoms with Gasteiger partial charge in [0.25, 0.3) is 5.91 Å². The first kappa shape index (κ1) is 31.0. The van der Waals surface area contributed by atoms with Gasteiger partial charge in [-0.05, 0) is 75.4 Å². The van der Waals surface area contributed by atoms with Gasteiger partial charge in [0.2, 0.25) is 5.78 Å². The Morgan fingerprint density at radius 1 is 1.21 bits per heavy atom. The number of benzene rings is 1. The molecular weight excluding hydrogens is 571 g/mol. The number of aromatic hydroxyl groups is 1. The molecule has 5 atom stereocenters. The quantitative estimate of drug-likeness (QED) is 0.317. The molecule has 234 valence electrons. The number of carbonyl (C=O) groups excluding carboxylic acids is 3. The molecule has 1 saturated carbocycles. The molecule has 43 heavy (non-hydrogen) atoms. The zero-order valence-corrected chi connectivity index (χ0v) is 24.3. The van der Waals surface area contributed by atoms with E-state index in [2.05, 4.69) is 0 Å². The Balaban J connectivity index is 1.73. The summed E-state index contributed by atoms with van der Waals surface area (Å²) in [5.74, 6) is -8.74. The molecule has 3 aliphatic carbocycles. The summed E-state index contributed by atoms with van der Waals surface area (Å²) in [7, 11) is 2.90. The van der Waals surface area contributed by atoms with E-state index in [1.807, 2.05) is 18.7 Å². The maximum atomic E-state index is 14.9. The molecule has 5 rings (SSSR count). The van der Waals surface area contributed by atoms with E-state index >= 15 is 0 Å². The third-order valence-corrected chi connectivity index (χ3v) is 9.36. The lowest BCUT2D eigenvalue weighted by atomic mass is 9.57. The number of ketones is 2. The van der Waals surface area contributed by atoms with Crippen LogP contribution in [-0.4, -0.2) is 86.5 Å². The van der Waals surface area contributed by atoms with Crippen LogP contribution in [0, 0.1) is 17.8 Å². The molecule has 1 unspecified atom stereocenters. The first-order chi connectivity index (χ1) is 19.9. The predicted molar refractivity (Wildman–Crippen MR) is 148 cm³/mol. The van der Waals surface area contributed by atoms with Gasteiger partial charge >= 0.3 is 6.18 Å². The minimum Gasteiger partial charge on any atom is -0.508 e. The van der Waals surface area contributed by atoms with E-state index in [4.69, 9.17) is 5.73 Å². The van der Waals surface area contributed by atoms with Crippen LogP contribution in [-0.2, 0) is 27.0 Å². The van der Waals surface area contributed by atoms with Crippen molar-refractivity contribution in [2.45, 2.75) is 63.4 Å². The number of aliphatic hydroxyl groups is 3. The molecule has 2 fully saturated rings. The molecule has 4 aliphatic rings. The molecule has 1 aromatic carbocycles. The van der Waals surface area contributed by atoms with Crippen molar-refractivity contribution in [1.29, 1.82) is 0 Å². The summed E-state index contributed by atoms with van der Waals surface area (Å²) in [6.45, 7) is 5.07. The molecule has 0 radical (unpaired) electrons. The third kappa shape index (κ3) is 4.54. The van der Waals surface area contributed by atoms with Crippen molar-refractivity contribution in [3.05, 3.63) is 45.2 Å². The average molecular weight is 608 g/mol. The minimum absolute atomic E-state index is 0.109. The predicted octanol–water partition coefficient (Wildman–Crippen LogP) is 2.78. The first-order valence-corrected chi connectivity index (χ1v) is 14.3. The molecular formula is C30H36F3N3O7. The third-order valence-electron chi connectivity index (χ3n) is 9.36. The number of hydrogen-bond donors (Lipinski definition) is 5. The van der Waals surface area contributed by atoms with Gasteiger partial charge in [-0.15, -0.1) is 0 Å². The van der Waals surface area contributed by atoms with Crippen molar-refractivity contribution in [2.24, 2.45) is 23.5 Å². The van der Waals surface area contributed by atoms with Crippen LogP contribution in [0.15, 0.2) is 23.0 Å². The number of aliphatic hydroxyl groups excluding tert-OH is 2. The lowest BCUT2D eigenvalue weighted by Gasteiger charge is -2.50. The molecule has 1 heterocycles. The van der Waals surface area contributed by atoms with Crippen LogP contribution in [0.1, 0.15) is 61.4 Å². The van der Waals surface area contributed by atoms with E-state index in [1.54, 1.807) is 0 Å². The Hall–Kier alpha value is -3.42. The highest BCUT2D eigenvalue weighted by Crippen LogP contribution is 2.55. The van der Waals surface area contributed by atoms with Crippen molar-refractivity contribution >= 4 is 23.2 Å². The minimum atomic E-state index is -4.87. The van der Waals surface area contributed by atoms with Crippen molar-refractivity contribution in [3.63, 3.8) is 0 Å². The molecule has 0 aromatic heterocycles. The molecule has 1 amide bonds. The van der Waals surface area contributed by atoms with Crippen LogP contribution in [0.3, 0.4) is 0 Å². The second kappa shape index (κ2) is 10.3. The van der Waals surface area contributed by atoms with E-state index in [-0.39, 0.29) is 23.5 Å². The molecule has 10 nitrogen and oxygen atoms in total. The topological polar surface area (TPSA) is 165 Å². The molecule has 1 aliphatic heterocycles. The number of Topliss-reactive ketones (excluding diaryl/α,β-unsaturated/α-hetero) is 2. The number of amides is 1. The molecule has 1 aromatic rings. The standard InChI is InChI=1S/C30H36F3N3O7/c1-12(2)11-36-7-5-6-17(36)14-10-18(37)20-15(22(14)30(31,32)33)8-13-9-16-23(35(3)4)25(39)21(28(34)42)27(41)29(16,43)26(40)19(13)24(20)38/h10,12-13,16-17,23,37-38,41,43H,5-9,11H2,1-4H3,(H2,34,42)/t13-,16-,17?,23-,29-/m0/s1. The summed E-state index contributed by atoms with van der Waals surface area (Å²) in [6, 6.07) is -0.955. The number of nitrogens with zero attached hydrogens (tertiary/aromatic N) is 2. The number of fused-ring (bicyclic) bond motifs is 3. The van der Waals surface area contributed by atoms with Crippen LogP contribution < -0.4 is 5.73 Å². The highest BCUT2D eigenvalue weighted by Gasteiger charge is 2.64. The second-order valence-electron chi connectivity index (χ2n) is 12.7. The van der Waals surface area contributed by atoms with Gasteiger partial charge in [0.15, 0.2) is 11.4 Å². The zero-order chi connectivity index (χ0) is 31.9. The number of phenolic OH excluding ortho intramolecular Hbond substituents is 1. The van der Waals surface area contributed by atoms with Crippen molar-refractivity contribution < 1.29 is 48.0 Å². The first-order valence-electron chi connectivity index (χ1n) is 14.3. The normalized spacial score (nSPS) is 29.8. The fraction of sp³-hybridized carbons (Fsp3) is 0.567. The number of rotatable bonds is 5. The largest absolute Gasteiger partial charge is 0.508 e. The summed E-state index contributed by atoms with van der Waals surface area (Å²) < 4.78 is 44.8. The fourth-order valence-corrected chi connectivity index (χ4v) is 7.81. The Morgan fingerprint density at radius 2 is 1.86 bits per heavy atom. The Kier molecular flexibility index (Phi) is 7.46. The van der Waals surface area contributed by atoms with Crippen LogP contribution in [0.25, 0.3) is 5.76 Å². The Morgan fingerprint density at radius 3 is 2.42 bits per heavy atom. The van der Waals surface area contributed by atoms with Gasteiger partial charge in [-0.25, -0.2) is 0 Å². The molecule has 0 spiro atoms. The highest BCUT2D eigenvalue weighted by molar-refractivity contribution is 6.24. The van der Waals surface area contributed by atoms with E-state index in [1.165, 1.54) is 19.0 Å². The van der Waals surface area contributed by atoms with E-state index in [9.17, 15) is 48.0 Å². The molecule has 13 heteroatoms. The molecule has 6 N–H and O–H groups in total. The number of phenols is 1. The monoisotopic (exact) mass is 607 g/mol. The maximum absolute atomic E-state index is 14.9. The van der Waals surface area contributed by atoms with Crippen LogP contribution in [0.5, 0.6) is 5.75 Å². The number of carbonyl (C=O) groups is 3. The van der Waals surface area contributed by atoms with Crippen molar-refractivity contribution in [2.75, 3.05) is 27.2 Å². The number of likely N-dealkylation sites (N-methyl/N-ethyl adjacent to an activating group) is 1. The fourth-order valence-electron chi connectivity index (χ4n) is 7.81. The lowest BCUT2D eigenvalue weighted by molar-refractivity contribution is -0.153. The van der Waals surface area contributed by atoms with Crippen molar-refractivity contribution in [1.82, 2.24) is 9.80 Å². The van der Waals surface area contributed by atoms with E-state index in [0.717, 1.165) is 6.07 Å². The Labute approximate surface area is 246 Å². The van der Waals surface area contributed by atoms with E-state index < -0.39 is 99.1 Å². The molecule has 1 saturated heterocycles. The Bertz CT molecular complexity index is 1480. The maximum Gasteiger partial charge on any atom is 0.417 e. The second-order valence-corrected chi connectivity index (χ2v) is 12.7. The van der Waals surface area contributed by atoms with Gasteiger partial charge in [-0.3, -0.25) is 24.2 Å². The summed E-state index contributed by atoms with van der Waals surface area (Å²) >= 11 is 0. The van der Waals surface area contributed by atoms with Gasteiger partial charge in [0, 0.05) is 24.1 Å². The lowest BCUT2D eigenvalue weighted by Crippen LogP contribution is -2.65. The van der Waals surface area contributed by atoms with Gasteiger partial charge in [-0.1, -0.05) is 13.8 Å². The number of primary amides is 1. The van der Waals surface area contributed by atoms with Crippen LogP contribution in [0.4, 0.5) is 13.2 Å². The van der Waals surface area contributed by atoms with Crippen LogP contribution >= 0.6 is 0 Å². The number of nitrogens with two attached hydrogens (primary N) is 1. The molecule has 0 bridgehead atoms. The van der Waals surface area contributed by atoms with Gasteiger partial charge < -0.3 is 26.2 Å².